The molecule has 5 N–H and O–H groups in total. The van der Waals surface area contributed by atoms with Gasteiger partial charge in [-0.05, 0) is 42.5 Å². The van der Waals surface area contributed by atoms with Gasteiger partial charge in [-0.25, -0.2) is 9.37 Å². The van der Waals surface area contributed by atoms with Crippen LogP contribution in [0.3, 0.4) is 0 Å². The molecule has 0 saturated carbocycles. The van der Waals surface area contributed by atoms with Crippen LogP contribution in [-0.4, -0.2) is 36.7 Å². The minimum Gasteiger partial charge on any atom is -0.490 e. The fourth-order valence-corrected chi connectivity index (χ4v) is 3.60. The van der Waals surface area contributed by atoms with E-state index in [1.54, 1.807) is 12.1 Å². The highest BCUT2D eigenvalue weighted by Gasteiger charge is 2.26. The number of carbonyl (C=O) groups excluding carboxylic acids is 2. The summed E-state index contributed by atoms with van der Waals surface area (Å²) in [5.74, 6) is 0.362. The number of primary amides is 1. The van der Waals surface area contributed by atoms with Crippen molar-refractivity contribution in [2.75, 3.05) is 13.2 Å². The molecule has 1 aliphatic heterocycles. The number of aromatic nitrogens is 1. The number of benzene rings is 2. The fourth-order valence-electron chi connectivity index (χ4n) is 3.60. The number of nitrogens with one attached hydrogen (secondary N) is 1. The highest BCUT2D eigenvalue weighted by molar-refractivity contribution is 6.12. The van der Waals surface area contributed by atoms with Crippen molar-refractivity contribution in [1.82, 2.24) is 10.3 Å². The number of carbonyl (C=O) groups is 2. The average Bonchev–Trinajstić information content (AvgIpc) is 3.26. The molecular formula is C27H28FN5O3. The van der Waals surface area contributed by atoms with Gasteiger partial charge in [0, 0.05) is 48.1 Å². The molecule has 2 heterocycles. The monoisotopic (exact) mass is 489 g/mol. The Morgan fingerprint density at radius 1 is 1.19 bits per heavy atom. The van der Waals surface area contributed by atoms with Gasteiger partial charge in [-0.15, -0.1) is 0 Å². The molecule has 2 aromatic carbocycles. The van der Waals surface area contributed by atoms with Gasteiger partial charge in [-0.2, -0.15) is 0 Å². The minimum absolute atomic E-state index is 0.233. The Kier molecular flexibility index (Phi) is 9.27. The Hall–Kier alpha value is -4.53. The molecule has 1 atom stereocenters. The summed E-state index contributed by atoms with van der Waals surface area (Å²) in [7, 11) is 0. The number of halogens is 1. The van der Waals surface area contributed by atoms with E-state index in [4.69, 9.17) is 20.2 Å². The molecule has 4 rings (SSSR count). The van der Waals surface area contributed by atoms with E-state index in [2.05, 4.69) is 23.0 Å². The van der Waals surface area contributed by atoms with Gasteiger partial charge >= 0.3 is 0 Å². The number of hydrogen-bond acceptors (Lipinski definition) is 6. The van der Waals surface area contributed by atoms with E-state index in [1.165, 1.54) is 24.5 Å². The maximum atomic E-state index is 13.4. The molecule has 8 nitrogen and oxygen atoms in total. The van der Waals surface area contributed by atoms with Crippen LogP contribution in [0.4, 0.5) is 10.1 Å². The first kappa shape index (κ1) is 26.1. The van der Waals surface area contributed by atoms with Crippen molar-refractivity contribution in [3.05, 3.63) is 89.5 Å². The number of nitrogens with two attached hydrogens (primary N) is 2. The van der Waals surface area contributed by atoms with Crippen LogP contribution in [0.15, 0.2) is 77.4 Å². The standard InChI is InChI=1S/C26H25FN4O2.CH3NO/c1-17-16-33-25-23(17)13-22(31-24(25)18-7-9-20(27)10-8-18)11-12-29-26(32)19(14-28)15-30-21-5-3-2-4-6-21;2-1-3/h2-10,13-15,17H,11-12,16,28H2,1H3,(H,29,32);1H,(H2,2,3)/b19-14+,30-15?;. The first-order valence-corrected chi connectivity index (χ1v) is 11.3. The fraction of sp³-hybridized carbons (Fsp3) is 0.185. The van der Waals surface area contributed by atoms with Crippen molar-refractivity contribution in [3.8, 4) is 17.0 Å². The lowest BCUT2D eigenvalue weighted by Crippen LogP contribution is -2.28. The average molecular weight is 490 g/mol. The van der Waals surface area contributed by atoms with Crippen molar-refractivity contribution in [3.63, 3.8) is 0 Å². The molecule has 186 valence electrons. The van der Waals surface area contributed by atoms with E-state index in [0.29, 0.717) is 25.3 Å². The van der Waals surface area contributed by atoms with Gasteiger partial charge in [0.25, 0.3) is 5.91 Å². The lowest BCUT2D eigenvalue weighted by molar-refractivity contribution is -0.117. The first-order valence-electron chi connectivity index (χ1n) is 11.3. The number of pyridine rings is 1. The summed E-state index contributed by atoms with van der Waals surface area (Å²) >= 11 is 0. The van der Waals surface area contributed by atoms with Crippen molar-refractivity contribution in [2.24, 2.45) is 16.5 Å². The number of hydrogen-bond donors (Lipinski definition) is 3. The smallest absolute Gasteiger partial charge is 0.254 e. The topological polar surface area (TPSA) is 133 Å². The van der Waals surface area contributed by atoms with Crippen molar-refractivity contribution in [2.45, 2.75) is 19.3 Å². The summed E-state index contributed by atoms with van der Waals surface area (Å²) in [6.07, 6.45) is 3.46. The van der Waals surface area contributed by atoms with Crippen molar-refractivity contribution >= 4 is 24.2 Å². The predicted molar refractivity (Wildman–Crippen MR) is 137 cm³/mol. The van der Waals surface area contributed by atoms with Gasteiger partial charge in [-0.3, -0.25) is 14.6 Å². The molecule has 3 aromatic rings. The lowest BCUT2D eigenvalue weighted by Gasteiger charge is -2.12. The molecule has 9 heteroatoms. The maximum absolute atomic E-state index is 13.4. The molecule has 0 saturated heterocycles. The van der Waals surface area contributed by atoms with Gasteiger partial charge < -0.3 is 21.5 Å². The molecule has 36 heavy (non-hydrogen) atoms. The van der Waals surface area contributed by atoms with Gasteiger partial charge in [-0.1, -0.05) is 25.1 Å². The minimum atomic E-state index is -0.311. The molecule has 1 unspecified atom stereocenters. The first-order chi connectivity index (χ1) is 17.5. The molecule has 1 aliphatic rings. The van der Waals surface area contributed by atoms with E-state index in [0.717, 1.165) is 28.3 Å². The molecule has 1 aromatic heterocycles. The van der Waals surface area contributed by atoms with Crippen LogP contribution in [0.2, 0.25) is 0 Å². The van der Waals surface area contributed by atoms with E-state index < -0.39 is 0 Å². The Bertz CT molecular complexity index is 1240. The summed E-state index contributed by atoms with van der Waals surface area (Å²) in [6.45, 7) is 3.05. The number of para-hydroxylation sites is 1. The van der Waals surface area contributed by atoms with Crippen LogP contribution in [0, 0.1) is 5.82 Å². The normalized spacial score (nSPS) is 14.4. The Morgan fingerprint density at radius 3 is 2.56 bits per heavy atom. The van der Waals surface area contributed by atoms with E-state index >= 15 is 0 Å². The van der Waals surface area contributed by atoms with Gasteiger partial charge in [0.15, 0.2) is 0 Å². The highest BCUT2D eigenvalue weighted by Crippen LogP contribution is 2.41. The maximum Gasteiger partial charge on any atom is 0.254 e. The third-order valence-electron chi connectivity index (χ3n) is 5.40. The van der Waals surface area contributed by atoms with Crippen LogP contribution < -0.4 is 21.5 Å². The second kappa shape index (κ2) is 12.8. The number of rotatable bonds is 7. The van der Waals surface area contributed by atoms with Gasteiger partial charge in [0.05, 0.1) is 17.9 Å². The molecule has 2 amide bonds. The van der Waals surface area contributed by atoms with Crippen LogP contribution in [0.1, 0.15) is 24.1 Å². The number of aliphatic imine (C=N–C) groups is 1. The number of fused-ring (bicyclic) bond motifs is 1. The number of amides is 2. The lowest BCUT2D eigenvalue weighted by atomic mass is 9.99. The Balaban J connectivity index is 0.00000115. The van der Waals surface area contributed by atoms with Gasteiger partial charge in [0.1, 0.15) is 17.3 Å². The molecule has 0 aliphatic carbocycles. The molecule has 0 spiro atoms. The number of ether oxygens (including phenoxy) is 1. The van der Waals surface area contributed by atoms with E-state index in [-0.39, 0.29) is 29.6 Å². The molecule has 0 fully saturated rings. The third kappa shape index (κ3) is 6.75. The summed E-state index contributed by atoms with van der Waals surface area (Å²) in [4.78, 5) is 30.1. The SMILES string of the molecule is CC1COc2c1cc(CCNC(=O)/C(C=Nc1ccccc1)=C/N)nc2-c1ccc(F)cc1.NC=O. The zero-order chi connectivity index (χ0) is 25.9. The number of nitrogens with zero attached hydrogens (tertiary/aromatic N) is 2. The van der Waals surface area contributed by atoms with Crippen molar-refractivity contribution in [1.29, 1.82) is 0 Å². The van der Waals surface area contributed by atoms with Gasteiger partial charge in [0.2, 0.25) is 6.41 Å². The quantitative estimate of drug-likeness (QED) is 0.266. The predicted octanol–water partition coefficient (Wildman–Crippen LogP) is 3.39. The summed E-state index contributed by atoms with van der Waals surface area (Å²) in [6, 6.07) is 17.5. The second-order valence-electron chi connectivity index (χ2n) is 7.96. The highest BCUT2D eigenvalue weighted by atomic mass is 19.1. The summed E-state index contributed by atoms with van der Waals surface area (Å²) < 4.78 is 19.3. The molecule has 0 bridgehead atoms. The van der Waals surface area contributed by atoms with E-state index in [9.17, 15) is 9.18 Å². The largest absolute Gasteiger partial charge is 0.490 e. The molecular weight excluding hydrogens is 461 g/mol. The van der Waals surface area contributed by atoms with Crippen LogP contribution in [-0.2, 0) is 16.0 Å². The van der Waals surface area contributed by atoms with Crippen molar-refractivity contribution < 1.29 is 18.7 Å². The molecule has 0 radical (unpaired) electrons. The summed E-state index contributed by atoms with van der Waals surface area (Å²) in [5.41, 5.74) is 14.2. The Labute approximate surface area is 208 Å². The van der Waals surface area contributed by atoms with Crippen LogP contribution in [0.5, 0.6) is 5.75 Å². The third-order valence-corrected chi connectivity index (χ3v) is 5.40. The van der Waals surface area contributed by atoms with Crippen LogP contribution in [0.25, 0.3) is 11.3 Å². The zero-order valence-electron chi connectivity index (χ0n) is 19.9. The Morgan fingerprint density at radius 2 is 1.89 bits per heavy atom. The van der Waals surface area contributed by atoms with E-state index in [1.807, 2.05) is 36.4 Å². The van der Waals surface area contributed by atoms with Crippen LogP contribution >= 0.6 is 0 Å². The zero-order valence-corrected chi connectivity index (χ0v) is 19.9. The second-order valence-corrected chi connectivity index (χ2v) is 7.96. The summed E-state index contributed by atoms with van der Waals surface area (Å²) in [5, 5.41) is 2.86.